The first-order chi connectivity index (χ1) is 20.1. The van der Waals surface area contributed by atoms with Crippen molar-refractivity contribution in [2.75, 3.05) is 0 Å². The molecular weight excluding hydrogens is 503 g/mol. The van der Waals surface area contributed by atoms with Crippen LogP contribution >= 0.6 is 0 Å². The third-order valence-electron chi connectivity index (χ3n) is 9.29. The van der Waals surface area contributed by atoms with E-state index in [1.807, 2.05) is 6.92 Å². The van der Waals surface area contributed by atoms with Crippen LogP contribution in [0, 0.1) is 0 Å². The van der Waals surface area contributed by atoms with E-state index < -0.39 is 7.12 Å². The first kappa shape index (κ1) is 24.2. The molecule has 1 spiro atoms. The first-order valence-electron chi connectivity index (χ1n) is 14.2. The molecule has 8 rings (SSSR count). The Morgan fingerprint density at radius 1 is 0.854 bits per heavy atom. The second kappa shape index (κ2) is 8.71. The van der Waals surface area contributed by atoms with Gasteiger partial charge in [0.15, 0.2) is 0 Å². The standard InChI is InChI=1S/C36H29BN2O2/c1-22(20-23(21-38)37(40)41)39-33-17-9-5-12-26(33)27-18-19-32-34(35(27)39)28-13-4-8-16-31(28)36(32)29-14-6-2-10-24(29)25-11-3-7-15-30(25)36/h2-3,5-12,14-21,40-41H,4,13,38H2,1H3/b22-20+,23-21+. The van der Waals surface area contributed by atoms with Crippen molar-refractivity contribution in [1.82, 2.24) is 4.57 Å². The third-order valence-corrected chi connectivity index (χ3v) is 9.29. The van der Waals surface area contributed by atoms with Crippen molar-refractivity contribution in [1.29, 1.82) is 0 Å². The van der Waals surface area contributed by atoms with Crippen molar-refractivity contribution >= 4 is 40.2 Å². The molecule has 5 heteroatoms. The van der Waals surface area contributed by atoms with Gasteiger partial charge in [0.05, 0.1) is 16.4 Å². The van der Waals surface area contributed by atoms with E-state index in [9.17, 15) is 10.0 Å². The second-order valence-electron chi connectivity index (χ2n) is 11.2. The van der Waals surface area contributed by atoms with Gasteiger partial charge in [0, 0.05) is 22.0 Å². The number of hydrogen-bond donors (Lipinski definition) is 3. The summed E-state index contributed by atoms with van der Waals surface area (Å²) in [7, 11) is -1.65. The maximum atomic E-state index is 9.96. The molecule has 1 aromatic heterocycles. The van der Waals surface area contributed by atoms with E-state index in [0.717, 1.165) is 29.6 Å². The molecule has 4 nitrogen and oxygen atoms in total. The quantitative estimate of drug-likeness (QED) is 0.174. The van der Waals surface area contributed by atoms with Crippen molar-refractivity contribution in [2.45, 2.75) is 25.2 Å². The molecule has 4 N–H and O–H groups in total. The van der Waals surface area contributed by atoms with Crippen LogP contribution in [0.1, 0.15) is 42.0 Å². The fourth-order valence-corrected chi connectivity index (χ4v) is 7.79. The van der Waals surface area contributed by atoms with E-state index in [4.69, 9.17) is 5.73 Å². The van der Waals surface area contributed by atoms with Gasteiger partial charge in [-0.05, 0) is 82.5 Å². The largest absolute Gasteiger partial charge is 0.489 e. The van der Waals surface area contributed by atoms with Crippen molar-refractivity contribution < 1.29 is 10.0 Å². The van der Waals surface area contributed by atoms with Crippen molar-refractivity contribution in [3.8, 4) is 11.1 Å². The molecule has 0 saturated carbocycles. The van der Waals surface area contributed by atoms with E-state index in [2.05, 4.69) is 102 Å². The van der Waals surface area contributed by atoms with Crippen LogP contribution in [0.25, 0.3) is 44.2 Å². The summed E-state index contributed by atoms with van der Waals surface area (Å²) in [4.78, 5) is 0. The zero-order chi connectivity index (χ0) is 27.9. The lowest BCUT2D eigenvalue weighted by atomic mass is 9.69. The average molecular weight is 532 g/mol. The zero-order valence-corrected chi connectivity index (χ0v) is 22.8. The number of para-hydroxylation sites is 1. The summed E-state index contributed by atoms with van der Waals surface area (Å²) in [6.07, 6.45) is 9.71. The summed E-state index contributed by atoms with van der Waals surface area (Å²) in [5, 5.41) is 22.3. The molecule has 0 unspecified atom stereocenters. The summed E-state index contributed by atoms with van der Waals surface area (Å²) in [6, 6.07) is 30.9. The van der Waals surface area contributed by atoms with Crippen molar-refractivity contribution in [3.63, 3.8) is 0 Å². The molecule has 0 saturated heterocycles. The molecule has 0 radical (unpaired) electrons. The second-order valence-corrected chi connectivity index (χ2v) is 11.2. The Balaban J connectivity index is 1.56. The lowest BCUT2D eigenvalue weighted by molar-refractivity contribution is 0.420. The zero-order valence-electron chi connectivity index (χ0n) is 22.8. The minimum absolute atomic E-state index is 0.261. The highest BCUT2D eigenvalue weighted by molar-refractivity contribution is 6.52. The Kier molecular flexibility index (Phi) is 5.15. The molecule has 0 amide bonds. The molecule has 0 bridgehead atoms. The lowest BCUT2D eigenvalue weighted by Gasteiger charge is -2.32. The third kappa shape index (κ3) is 3.02. The molecule has 3 aliphatic carbocycles. The Bertz CT molecular complexity index is 2010. The summed E-state index contributed by atoms with van der Waals surface area (Å²) < 4.78 is 2.28. The van der Waals surface area contributed by atoms with Gasteiger partial charge in [0.1, 0.15) is 0 Å². The monoisotopic (exact) mass is 532 g/mol. The van der Waals surface area contributed by atoms with Gasteiger partial charge in [-0.3, -0.25) is 0 Å². The van der Waals surface area contributed by atoms with Crippen molar-refractivity contribution in [3.05, 3.63) is 143 Å². The maximum absolute atomic E-state index is 9.96. The number of rotatable bonds is 3. The van der Waals surface area contributed by atoms with E-state index >= 15 is 0 Å². The van der Waals surface area contributed by atoms with Gasteiger partial charge in [0.25, 0.3) is 0 Å². The molecular formula is C36H29BN2O2. The van der Waals surface area contributed by atoms with E-state index in [0.29, 0.717) is 0 Å². The van der Waals surface area contributed by atoms with E-state index in [1.165, 1.54) is 61.5 Å². The van der Waals surface area contributed by atoms with Crippen LogP contribution in [0.5, 0.6) is 0 Å². The molecule has 41 heavy (non-hydrogen) atoms. The van der Waals surface area contributed by atoms with Gasteiger partial charge in [0.2, 0.25) is 0 Å². The van der Waals surface area contributed by atoms with E-state index in [-0.39, 0.29) is 10.9 Å². The maximum Gasteiger partial charge on any atom is 0.489 e. The van der Waals surface area contributed by atoms with Gasteiger partial charge < -0.3 is 20.3 Å². The molecule has 3 aliphatic rings. The van der Waals surface area contributed by atoms with Crippen molar-refractivity contribution in [2.24, 2.45) is 5.73 Å². The number of aromatic nitrogens is 1. The molecule has 0 fully saturated rings. The number of fused-ring (bicyclic) bond motifs is 13. The SMILES string of the molecule is C/C(=C\C(=C/N)B(O)O)n1c2ccccc2c2ccc3c(c21)C1=C(C=CCC1)C31c2ccccc2-c2ccccc21. The lowest BCUT2D eigenvalue weighted by Crippen LogP contribution is -2.27. The van der Waals surface area contributed by atoms with Crippen LogP contribution in [0.4, 0.5) is 0 Å². The highest BCUT2D eigenvalue weighted by Crippen LogP contribution is 2.64. The molecule has 1 heterocycles. The molecule has 0 aliphatic heterocycles. The fraction of sp³-hybridized carbons (Fsp3) is 0.111. The Labute approximate surface area is 239 Å². The normalized spacial score (nSPS) is 16.9. The number of allylic oxidation sites excluding steroid dienone is 7. The summed E-state index contributed by atoms with van der Waals surface area (Å²) in [6.45, 7) is 2.01. The molecule has 198 valence electrons. The smallest absolute Gasteiger partial charge is 0.423 e. The molecule has 0 atom stereocenters. The van der Waals surface area contributed by atoms with Gasteiger partial charge in [-0.2, -0.15) is 0 Å². The highest BCUT2D eigenvalue weighted by atomic mass is 16.4. The fourth-order valence-electron chi connectivity index (χ4n) is 7.79. The predicted molar refractivity (Wildman–Crippen MR) is 169 cm³/mol. The highest BCUT2D eigenvalue weighted by Gasteiger charge is 2.53. The average Bonchev–Trinajstić information content (AvgIpc) is 3.61. The van der Waals surface area contributed by atoms with Crippen LogP contribution in [0.2, 0.25) is 0 Å². The summed E-state index contributed by atoms with van der Waals surface area (Å²) in [5.74, 6) is 0. The molecule has 5 aromatic rings. The minimum Gasteiger partial charge on any atom is -0.423 e. The topological polar surface area (TPSA) is 71.4 Å². The van der Waals surface area contributed by atoms with Crippen LogP contribution in [-0.4, -0.2) is 21.7 Å². The Hall–Kier alpha value is -4.58. The predicted octanol–water partition coefficient (Wildman–Crippen LogP) is 6.94. The van der Waals surface area contributed by atoms with Crippen LogP contribution in [-0.2, 0) is 5.41 Å². The van der Waals surface area contributed by atoms with Crippen LogP contribution < -0.4 is 5.73 Å². The number of benzene rings is 4. The number of hydrogen-bond acceptors (Lipinski definition) is 3. The van der Waals surface area contributed by atoms with Crippen LogP contribution in [0.15, 0.2) is 120 Å². The molecule has 4 aromatic carbocycles. The number of nitrogens with two attached hydrogens (primary N) is 1. The van der Waals surface area contributed by atoms with Gasteiger partial charge in [-0.1, -0.05) is 91.0 Å². The number of nitrogens with zero attached hydrogens (tertiary/aromatic N) is 1. The summed E-state index contributed by atoms with van der Waals surface area (Å²) >= 11 is 0. The Morgan fingerprint density at radius 3 is 2.24 bits per heavy atom. The Morgan fingerprint density at radius 2 is 1.54 bits per heavy atom. The first-order valence-corrected chi connectivity index (χ1v) is 14.2. The van der Waals surface area contributed by atoms with Gasteiger partial charge >= 0.3 is 7.12 Å². The minimum atomic E-state index is -1.65. The summed E-state index contributed by atoms with van der Waals surface area (Å²) in [5.41, 5.74) is 19.4. The van der Waals surface area contributed by atoms with Crippen LogP contribution in [0.3, 0.4) is 0 Å². The van der Waals surface area contributed by atoms with E-state index in [1.54, 1.807) is 6.08 Å². The van der Waals surface area contributed by atoms with Gasteiger partial charge in [-0.15, -0.1) is 0 Å². The van der Waals surface area contributed by atoms with Gasteiger partial charge in [-0.25, -0.2) is 0 Å².